The van der Waals surface area contributed by atoms with Gasteiger partial charge in [0, 0.05) is 13.5 Å². The van der Waals surface area contributed by atoms with E-state index in [1.165, 1.54) is 4.90 Å². The highest BCUT2D eigenvalue weighted by Crippen LogP contribution is 2.18. The van der Waals surface area contributed by atoms with Crippen molar-refractivity contribution in [1.82, 2.24) is 4.90 Å². The van der Waals surface area contributed by atoms with E-state index in [0.29, 0.717) is 6.42 Å². The molecule has 1 aliphatic rings. The summed E-state index contributed by atoms with van der Waals surface area (Å²) in [6, 6.07) is -0.0648. The average Bonchev–Trinajstić information content (AvgIpc) is 1.86. The minimum Gasteiger partial charge on any atom is -0.481 e. The van der Waals surface area contributed by atoms with Gasteiger partial charge in [0.05, 0.1) is 12.5 Å². The topological polar surface area (TPSA) is 57.6 Å². The molecule has 4 nitrogen and oxygen atoms in total. The standard InChI is InChI=1S/C6H9NO3/c1-7-4(2-5(7)8)3-6(9)10/h4H,2-3H2,1H3,(H,9,10). The summed E-state index contributed by atoms with van der Waals surface area (Å²) in [5.41, 5.74) is 0. The Bertz CT molecular complexity index is 178. The van der Waals surface area contributed by atoms with Crippen LogP contribution in [0.2, 0.25) is 0 Å². The molecule has 1 amide bonds. The number of carbonyl (C=O) groups excluding carboxylic acids is 1. The molecule has 1 fully saturated rings. The number of nitrogens with zero attached hydrogens (tertiary/aromatic N) is 1. The molecule has 1 unspecified atom stereocenters. The number of carbonyl (C=O) groups is 2. The van der Waals surface area contributed by atoms with E-state index in [9.17, 15) is 9.59 Å². The van der Waals surface area contributed by atoms with Crippen LogP contribution in [0.15, 0.2) is 0 Å². The number of amides is 1. The van der Waals surface area contributed by atoms with E-state index in [1.54, 1.807) is 7.05 Å². The van der Waals surface area contributed by atoms with Crippen LogP contribution < -0.4 is 0 Å². The van der Waals surface area contributed by atoms with E-state index in [-0.39, 0.29) is 18.4 Å². The normalized spacial score (nSPS) is 24.3. The number of hydrogen-bond acceptors (Lipinski definition) is 2. The fraction of sp³-hybridized carbons (Fsp3) is 0.667. The van der Waals surface area contributed by atoms with Gasteiger partial charge in [0.15, 0.2) is 0 Å². The predicted octanol–water partition coefficient (Wildman–Crippen LogP) is -0.308. The minimum atomic E-state index is -0.843. The molecule has 1 atom stereocenters. The lowest BCUT2D eigenvalue weighted by Gasteiger charge is -2.36. The fourth-order valence-electron chi connectivity index (χ4n) is 0.984. The minimum absolute atomic E-state index is 0.0336. The molecule has 1 saturated heterocycles. The third kappa shape index (κ3) is 1.10. The van der Waals surface area contributed by atoms with Gasteiger partial charge in [-0.3, -0.25) is 9.59 Å². The summed E-state index contributed by atoms with van der Waals surface area (Å²) in [7, 11) is 1.62. The smallest absolute Gasteiger partial charge is 0.305 e. The largest absolute Gasteiger partial charge is 0.481 e. The summed E-state index contributed by atoms with van der Waals surface area (Å²) >= 11 is 0. The summed E-state index contributed by atoms with van der Waals surface area (Å²) in [5, 5.41) is 8.31. The highest BCUT2D eigenvalue weighted by Gasteiger charge is 2.33. The molecule has 0 aromatic heterocycles. The lowest BCUT2D eigenvalue weighted by molar-refractivity contribution is -0.148. The Balaban J connectivity index is 2.34. The lowest BCUT2D eigenvalue weighted by atomic mass is 10.0. The van der Waals surface area contributed by atoms with Gasteiger partial charge in [-0.05, 0) is 0 Å². The Kier molecular flexibility index (Phi) is 1.61. The van der Waals surface area contributed by atoms with E-state index in [0.717, 1.165) is 0 Å². The van der Waals surface area contributed by atoms with Crippen LogP contribution in [0.4, 0.5) is 0 Å². The van der Waals surface area contributed by atoms with Gasteiger partial charge in [0.1, 0.15) is 0 Å². The highest BCUT2D eigenvalue weighted by atomic mass is 16.4. The van der Waals surface area contributed by atoms with Crippen molar-refractivity contribution in [2.24, 2.45) is 0 Å². The van der Waals surface area contributed by atoms with E-state index in [4.69, 9.17) is 5.11 Å². The molecule has 4 heteroatoms. The number of carboxylic acids is 1. The van der Waals surface area contributed by atoms with Crippen molar-refractivity contribution in [3.63, 3.8) is 0 Å². The molecular formula is C6H9NO3. The number of carboxylic acid groups (broad SMARTS) is 1. The van der Waals surface area contributed by atoms with Crippen LogP contribution in [0, 0.1) is 0 Å². The van der Waals surface area contributed by atoms with Gasteiger partial charge in [0.25, 0.3) is 0 Å². The van der Waals surface area contributed by atoms with Crippen molar-refractivity contribution in [3.8, 4) is 0 Å². The summed E-state index contributed by atoms with van der Waals surface area (Å²) < 4.78 is 0. The van der Waals surface area contributed by atoms with Crippen molar-refractivity contribution in [1.29, 1.82) is 0 Å². The van der Waals surface area contributed by atoms with Crippen LogP contribution in [0.25, 0.3) is 0 Å². The lowest BCUT2D eigenvalue weighted by Crippen LogP contribution is -2.50. The molecule has 0 aromatic carbocycles. The highest BCUT2D eigenvalue weighted by molar-refractivity contribution is 5.84. The molecule has 10 heavy (non-hydrogen) atoms. The van der Waals surface area contributed by atoms with Gasteiger partial charge in [-0.25, -0.2) is 0 Å². The van der Waals surface area contributed by atoms with Gasteiger partial charge in [-0.2, -0.15) is 0 Å². The van der Waals surface area contributed by atoms with E-state index < -0.39 is 5.97 Å². The molecule has 56 valence electrons. The van der Waals surface area contributed by atoms with E-state index >= 15 is 0 Å². The van der Waals surface area contributed by atoms with Crippen LogP contribution in [-0.2, 0) is 9.59 Å². The molecule has 1 N–H and O–H groups in total. The maximum absolute atomic E-state index is 10.6. The van der Waals surface area contributed by atoms with Crippen LogP contribution in [0.5, 0.6) is 0 Å². The molecule has 0 saturated carbocycles. The molecule has 0 radical (unpaired) electrons. The van der Waals surface area contributed by atoms with Crippen molar-refractivity contribution < 1.29 is 14.7 Å². The quantitative estimate of drug-likeness (QED) is 0.539. The summed E-state index contributed by atoms with van der Waals surface area (Å²) in [6.45, 7) is 0. The fourth-order valence-corrected chi connectivity index (χ4v) is 0.984. The monoisotopic (exact) mass is 143 g/mol. The van der Waals surface area contributed by atoms with E-state index in [2.05, 4.69) is 0 Å². The molecule has 1 heterocycles. The first kappa shape index (κ1) is 7.05. The SMILES string of the molecule is CN1C(=O)CC1CC(=O)O. The van der Waals surface area contributed by atoms with Crippen molar-refractivity contribution in [2.45, 2.75) is 18.9 Å². The second kappa shape index (κ2) is 2.28. The maximum Gasteiger partial charge on any atom is 0.305 e. The number of aliphatic carboxylic acids is 1. The van der Waals surface area contributed by atoms with Crippen LogP contribution >= 0.6 is 0 Å². The summed E-state index contributed by atoms with van der Waals surface area (Å²) in [5.74, 6) is -0.810. The Morgan fingerprint density at radius 2 is 2.50 bits per heavy atom. The molecule has 1 rings (SSSR count). The van der Waals surface area contributed by atoms with Crippen LogP contribution in [-0.4, -0.2) is 35.0 Å². The van der Waals surface area contributed by atoms with E-state index in [1.807, 2.05) is 0 Å². The first-order valence-electron chi connectivity index (χ1n) is 3.08. The Labute approximate surface area is 58.4 Å². The molecular weight excluding hydrogens is 134 g/mol. The van der Waals surface area contributed by atoms with Crippen LogP contribution in [0.3, 0.4) is 0 Å². The zero-order chi connectivity index (χ0) is 7.72. The maximum atomic E-state index is 10.6. The average molecular weight is 143 g/mol. The van der Waals surface area contributed by atoms with Crippen molar-refractivity contribution >= 4 is 11.9 Å². The Hall–Kier alpha value is -1.06. The Morgan fingerprint density at radius 1 is 1.90 bits per heavy atom. The number of β-lactam (4-membered cyclic amide) rings is 1. The molecule has 0 spiro atoms. The zero-order valence-electron chi connectivity index (χ0n) is 5.70. The predicted molar refractivity (Wildman–Crippen MR) is 33.4 cm³/mol. The molecule has 0 aliphatic carbocycles. The number of rotatable bonds is 2. The first-order chi connectivity index (χ1) is 4.61. The third-order valence-corrected chi connectivity index (χ3v) is 1.76. The number of likely N-dealkylation sites (tertiary alicyclic amines) is 1. The third-order valence-electron chi connectivity index (χ3n) is 1.76. The summed E-state index contributed by atoms with van der Waals surface area (Å²) in [6.07, 6.45) is 0.463. The summed E-state index contributed by atoms with van der Waals surface area (Å²) in [4.78, 5) is 22.1. The zero-order valence-corrected chi connectivity index (χ0v) is 5.70. The molecule has 1 aliphatic heterocycles. The Morgan fingerprint density at radius 3 is 2.80 bits per heavy atom. The molecule has 0 bridgehead atoms. The van der Waals surface area contributed by atoms with Crippen molar-refractivity contribution in [2.75, 3.05) is 7.05 Å². The molecule has 0 aromatic rings. The van der Waals surface area contributed by atoms with Gasteiger partial charge in [0.2, 0.25) is 5.91 Å². The van der Waals surface area contributed by atoms with Gasteiger partial charge >= 0.3 is 5.97 Å². The first-order valence-corrected chi connectivity index (χ1v) is 3.08. The second-order valence-electron chi connectivity index (χ2n) is 2.46. The van der Waals surface area contributed by atoms with Crippen LogP contribution in [0.1, 0.15) is 12.8 Å². The van der Waals surface area contributed by atoms with Crippen molar-refractivity contribution in [3.05, 3.63) is 0 Å². The van der Waals surface area contributed by atoms with Gasteiger partial charge in [-0.1, -0.05) is 0 Å². The number of hydrogen-bond donors (Lipinski definition) is 1. The van der Waals surface area contributed by atoms with Gasteiger partial charge < -0.3 is 10.0 Å². The second-order valence-corrected chi connectivity index (χ2v) is 2.46. The van der Waals surface area contributed by atoms with Gasteiger partial charge in [-0.15, -0.1) is 0 Å².